The molecule has 0 aliphatic heterocycles. The quantitative estimate of drug-likeness (QED) is 0.569. The van der Waals surface area contributed by atoms with Crippen molar-refractivity contribution in [3.05, 3.63) is 50.7 Å². The molecule has 2 aromatic carbocycles. The minimum absolute atomic E-state index is 0.0302. The van der Waals surface area contributed by atoms with Gasteiger partial charge < -0.3 is 5.32 Å². The first kappa shape index (κ1) is 13.4. The molecule has 0 unspecified atom stereocenters. The van der Waals surface area contributed by atoms with Gasteiger partial charge in [0.1, 0.15) is 17.0 Å². The number of nitrogens with one attached hydrogen (secondary N) is 1. The summed E-state index contributed by atoms with van der Waals surface area (Å²) in [6.07, 6.45) is 0. The molecule has 21 heavy (non-hydrogen) atoms. The van der Waals surface area contributed by atoms with Crippen LogP contribution >= 0.6 is 15.9 Å². The van der Waals surface area contributed by atoms with Crippen molar-refractivity contribution < 1.29 is 13.9 Å². The van der Waals surface area contributed by atoms with E-state index in [9.17, 15) is 14.5 Å². The molecule has 9 heteroatoms. The third-order valence-electron chi connectivity index (χ3n) is 2.78. The lowest BCUT2D eigenvalue weighted by Crippen LogP contribution is -1.98. The topological polar surface area (TPSA) is 94.1 Å². The van der Waals surface area contributed by atoms with Gasteiger partial charge in [0, 0.05) is 5.69 Å². The van der Waals surface area contributed by atoms with Crippen molar-refractivity contribution in [2.45, 2.75) is 0 Å². The molecule has 1 aromatic heterocycles. The number of benzene rings is 2. The van der Waals surface area contributed by atoms with Gasteiger partial charge in [0.05, 0.1) is 9.40 Å². The summed E-state index contributed by atoms with van der Waals surface area (Å²) in [4.78, 5) is 10.6. The summed E-state index contributed by atoms with van der Waals surface area (Å²) >= 11 is 3.04. The monoisotopic (exact) mass is 352 g/mol. The first-order chi connectivity index (χ1) is 10.1. The van der Waals surface area contributed by atoms with Gasteiger partial charge in [-0.1, -0.05) is 0 Å². The van der Waals surface area contributed by atoms with E-state index in [0.717, 1.165) is 0 Å². The van der Waals surface area contributed by atoms with Crippen LogP contribution in [0.2, 0.25) is 0 Å². The van der Waals surface area contributed by atoms with Crippen molar-refractivity contribution in [3.63, 3.8) is 0 Å². The van der Waals surface area contributed by atoms with Gasteiger partial charge in [-0.3, -0.25) is 10.1 Å². The maximum Gasteiger partial charge on any atom is 0.323 e. The Balaban J connectivity index is 2.09. The highest BCUT2D eigenvalue weighted by Crippen LogP contribution is 2.34. The number of aromatic nitrogens is 2. The lowest BCUT2D eigenvalue weighted by molar-refractivity contribution is -0.382. The maximum absolute atomic E-state index is 13.5. The van der Waals surface area contributed by atoms with Crippen LogP contribution in [0.1, 0.15) is 0 Å². The molecule has 0 aliphatic rings. The SMILES string of the molecule is O=[N+]([O-])c1c(Nc2ccc(Br)c(F)c2)ccc2nonc12. The fourth-order valence-corrected chi connectivity index (χ4v) is 2.10. The van der Waals surface area contributed by atoms with E-state index < -0.39 is 10.7 Å². The molecule has 0 amide bonds. The molecule has 0 saturated heterocycles. The highest BCUT2D eigenvalue weighted by Gasteiger charge is 2.22. The Morgan fingerprint density at radius 2 is 2.10 bits per heavy atom. The Bertz CT molecular complexity index is 852. The van der Waals surface area contributed by atoms with Crippen LogP contribution < -0.4 is 5.32 Å². The molecule has 0 aliphatic carbocycles. The number of halogens is 2. The van der Waals surface area contributed by atoms with Crippen molar-refractivity contribution in [1.29, 1.82) is 0 Å². The van der Waals surface area contributed by atoms with Gasteiger partial charge in [-0.2, -0.15) is 0 Å². The van der Waals surface area contributed by atoms with Gasteiger partial charge >= 0.3 is 5.69 Å². The van der Waals surface area contributed by atoms with Gasteiger partial charge in [0.15, 0.2) is 0 Å². The number of nitrogens with zero attached hydrogens (tertiary/aromatic N) is 3. The summed E-state index contributed by atoms with van der Waals surface area (Å²) in [5.41, 5.74) is 0.563. The van der Waals surface area contributed by atoms with Crippen LogP contribution in [0.4, 0.5) is 21.5 Å². The van der Waals surface area contributed by atoms with E-state index in [1.165, 1.54) is 24.3 Å². The van der Waals surface area contributed by atoms with Crippen molar-refractivity contribution in [2.24, 2.45) is 0 Å². The molecule has 106 valence electrons. The van der Waals surface area contributed by atoms with Crippen molar-refractivity contribution in [3.8, 4) is 0 Å². The smallest absolute Gasteiger partial charge is 0.323 e. The van der Waals surface area contributed by atoms with Crippen LogP contribution in [0.25, 0.3) is 11.0 Å². The Morgan fingerprint density at radius 3 is 2.81 bits per heavy atom. The minimum Gasteiger partial charge on any atom is -0.350 e. The highest BCUT2D eigenvalue weighted by atomic mass is 79.9. The third-order valence-corrected chi connectivity index (χ3v) is 3.43. The average Bonchev–Trinajstić information content (AvgIpc) is 2.90. The molecule has 0 fully saturated rings. The number of nitro benzene ring substituents is 1. The second kappa shape index (κ2) is 5.09. The molecule has 1 N–H and O–H groups in total. The zero-order valence-corrected chi connectivity index (χ0v) is 11.8. The van der Waals surface area contributed by atoms with E-state index in [0.29, 0.717) is 10.2 Å². The van der Waals surface area contributed by atoms with Gasteiger partial charge in [-0.05, 0) is 56.6 Å². The first-order valence-electron chi connectivity index (χ1n) is 5.68. The fraction of sp³-hybridized carbons (Fsp3) is 0. The minimum atomic E-state index is -0.593. The van der Waals surface area contributed by atoms with Crippen LogP contribution in [-0.4, -0.2) is 15.2 Å². The van der Waals surface area contributed by atoms with Gasteiger partial charge in [-0.15, -0.1) is 0 Å². The highest BCUT2D eigenvalue weighted by molar-refractivity contribution is 9.10. The molecule has 3 aromatic rings. The summed E-state index contributed by atoms with van der Waals surface area (Å²) < 4.78 is 18.3. The molecular weight excluding hydrogens is 347 g/mol. The molecule has 3 rings (SSSR count). The zero-order chi connectivity index (χ0) is 15.0. The van der Waals surface area contributed by atoms with Crippen LogP contribution in [-0.2, 0) is 0 Å². The van der Waals surface area contributed by atoms with Gasteiger partial charge in [0.2, 0.25) is 5.52 Å². The Labute approximate surface area is 125 Å². The number of rotatable bonds is 3. The van der Waals surface area contributed by atoms with E-state index >= 15 is 0 Å². The van der Waals surface area contributed by atoms with E-state index in [-0.39, 0.29) is 22.4 Å². The number of anilines is 2. The van der Waals surface area contributed by atoms with Crippen molar-refractivity contribution in [1.82, 2.24) is 10.3 Å². The van der Waals surface area contributed by atoms with E-state index in [2.05, 4.69) is 36.2 Å². The molecular formula is C12H6BrFN4O3. The predicted octanol–water partition coefficient (Wildman–Crippen LogP) is 3.78. The largest absolute Gasteiger partial charge is 0.350 e. The second-order valence-electron chi connectivity index (χ2n) is 4.10. The lowest BCUT2D eigenvalue weighted by Gasteiger charge is -2.07. The summed E-state index contributed by atoms with van der Waals surface area (Å²) in [6.45, 7) is 0. The molecule has 0 saturated carbocycles. The van der Waals surface area contributed by atoms with Gasteiger partial charge in [0.25, 0.3) is 0 Å². The van der Waals surface area contributed by atoms with Crippen LogP contribution in [0.15, 0.2) is 39.4 Å². The number of hydrogen-bond acceptors (Lipinski definition) is 6. The average molecular weight is 353 g/mol. The zero-order valence-electron chi connectivity index (χ0n) is 10.2. The molecule has 0 radical (unpaired) electrons. The van der Waals surface area contributed by atoms with Crippen molar-refractivity contribution >= 4 is 44.0 Å². The molecule has 7 nitrogen and oxygen atoms in total. The molecule has 1 heterocycles. The van der Waals surface area contributed by atoms with E-state index in [1.54, 1.807) is 6.07 Å². The Kier molecular flexibility index (Phi) is 3.26. The number of fused-ring (bicyclic) bond motifs is 1. The molecule has 0 spiro atoms. The summed E-state index contributed by atoms with van der Waals surface area (Å²) in [5, 5.41) is 21.1. The summed E-state index contributed by atoms with van der Waals surface area (Å²) in [7, 11) is 0. The number of hydrogen-bond donors (Lipinski definition) is 1. The summed E-state index contributed by atoms with van der Waals surface area (Å²) in [6, 6.07) is 7.29. The summed E-state index contributed by atoms with van der Waals surface area (Å²) in [5.74, 6) is -0.480. The third kappa shape index (κ3) is 2.42. The lowest BCUT2D eigenvalue weighted by atomic mass is 10.2. The molecule has 0 bridgehead atoms. The maximum atomic E-state index is 13.5. The Morgan fingerprint density at radius 1 is 1.29 bits per heavy atom. The van der Waals surface area contributed by atoms with E-state index in [1.807, 2.05) is 0 Å². The Hall–Kier alpha value is -2.55. The first-order valence-corrected chi connectivity index (χ1v) is 6.47. The predicted molar refractivity (Wildman–Crippen MR) is 75.8 cm³/mol. The molecule has 0 atom stereocenters. The van der Waals surface area contributed by atoms with Crippen LogP contribution in [0.5, 0.6) is 0 Å². The van der Waals surface area contributed by atoms with Crippen LogP contribution in [0, 0.1) is 15.9 Å². The van der Waals surface area contributed by atoms with Crippen molar-refractivity contribution in [2.75, 3.05) is 5.32 Å². The second-order valence-corrected chi connectivity index (χ2v) is 4.96. The standard InChI is InChI=1S/C12H6BrFN4O3/c13-7-2-1-6(5-8(7)14)15-10-4-3-9-11(17-21-16-9)12(10)18(19)20/h1-5,15H. The normalized spacial score (nSPS) is 10.8. The van der Waals surface area contributed by atoms with Gasteiger partial charge in [-0.25, -0.2) is 9.02 Å². The number of nitro groups is 1. The van der Waals surface area contributed by atoms with E-state index in [4.69, 9.17) is 0 Å². The van der Waals surface area contributed by atoms with Crippen LogP contribution in [0.3, 0.4) is 0 Å². The fourth-order valence-electron chi connectivity index (χ4n) is 1.85.